The van der Waals surface area contributed by atoms with Crippen molar-refractivity contribution >= 4 is 13.7 Å². The molecule has 0 radical (unpaired) electrons. The van der Waals surface area contributed by atoms with Crippen LogP contribution in [0.4, 0.5) is 0 Å². The molecule has 9 heteroatoms. The lowest BCUT2D eigenvalue weighted by atomic mass is 10.0. The number of phosphoric acid groups is 1. The van der Waals surface area contributed by atoms with E-state index in [9.17, 15) is 19.4 Å². The molecule has 0 bridgehead atoms. The largest absolute Gasteiger partial charge is 0.756 e. The maximum atomic E-state index is 13.0. The first kappa shape index (κ1) is 74.4. The molecule has 0 heterocycles. The number of aliphatic hydroxyl groups is 1. The highest BCUT2D eigenvalue weighted by Crippen LogP contribution is 2.38. The summed E-state index contributed by atoms with van der Waals surface area (Å²) in [5, 5.41) is 14.1. The molecule has 1 amide bonds. The molecule has 0 spiro atoms. The van der Waals surface area contributed by atoms with E-state index in [1.54, 1.807) is 0 Å². The van der Waals surface area contributed by atoms with Gasteiger partial charge in [0.25, 0.3) is 7.82 Å². The van der Waals surface area contributed by atoms with E-state index in [1.165, 1.54) is 154 Å². The van der Waals surface area contributed by atoms with E-state index >= 15 is 0 Å². The maximum absolute atomic E-state index is 13.0. The minimum Gasteiger partial charge on any atom is -0.756 e. The molecule has 0 aliphatic rings. The highest BCUT2D eigenvalue weighted by Gasteiger charge is 2.24. The molecular formula is C68H123N2O6P. The van der Waals surface area contributed by atoms with Gasteiger partial charge in [-0.2, -0.15) is 0 Å². The fourth-order valence-corrected chi connectivity index (χ4v) is 9.84. The number of nitrogens with one attached hydrogen (secondary N) is 1. The first-order valence-corrected chi connectivity index (χ1v) is 33.5. The molecule has 3 atom stereocenters. The average Bonchev–Trinajstić information content (AvgIpc) is 3.39. The lowest BCUT2D eigenvalue weighted by Crippen LogP contribution is -2.46. The van der Waals surface area contributed by atoms with Gasteiger partial charge in [0.1, 0.15) is 13.2 Å². The monoisotopic (exact) mass is 1090 g/mol. The van der Waals surface area contributed by atoms with E-state index in [-0.39, 0.29) is 19.1 Å². The van der Waals surface area contributed by atoms with Crippen LogP contribution in [-0.2, 0) is 18.4 Å². The summed E-state index contributed by atoms with van der Waals surface area (Å²) in [4.78, 5) is 25.6. The molecule has 446 valence electrons. The molecule has 8 nitrogen and oxygen atoms in total. The number of likely N-dealkylation sites (N-methyl/N-ethyl adjacent to an activating group) is 1. The number of amides is 1. The number of aliphatic hydroxyl groups excluding tert-OH is 1. The minimum atomic E-state index is -4.58. The first-order chi connectivity index (χ1) is 37.5. The van der Waals surface area contributed by atoms with Crippen LogP contribution >= 0.6 is 7.82 Å². The lowest BCUT2D eigenvalue weighted by Gasteiger charge is -2.30. The van der Waals surface area contributed by atoms with Gasteiger partial charge in [-0.25, -0.2) is 0 Å². The van der Waals surface area contributed by atoms with Crippen LogP contribution in [0, 0.1) is 0 Å². The van der Waals surface area contributed by atoms with Gasteiger partial charge in [0.2, 0.25) is 5.91 Å². The van der Waals surface area contributed by atoms with Crippen LogP contribution in [0.5, 0.6) is 0 Å². The fourth-order valence-electron chi connectivity index (χ4n) is 9.12. The predicted octanol–water partition coefficient (Wildman–Crippen LogP) is 19.5. The number of carbonyl (C=O) groups is 1. The molecule has 0 rings (SSSR count). The summed E-state index contributed by atoms with van der Waals surface area (Å²) < 4.78 is 23.5. The number of rotatable bonds is 58. The third kappa shape index (κ3) is 60.9. The minimum absolute atomic E-state index is 0.00780. The van der Waals surface area contributed by atoms with E-state index in [0.717, 1.165) is 96.3 Å². The van der Waals surface area contributed by atoms with Crippen molar-refractivity contribution in [3.05, 3.63) is 97.2 Å². The average molecular weight is 1100 g/mol. The van der Waals surface area contributed by atoms with E-state index in [1.807, 2.05) is 21.1 Å². The Morgan fingerprint density at radius 1 is 0.468 bits per heavy atom. The number of quaternary nitrogens is 1. The van der Waals surface area contributed by atoms with Crippen LogP contribution in [0.15, 0.2) is 97.2 Å². The Hall–Kier alpha value is -2.58. The molecule has 0 aromatic heterocycles. The van der Waals surface area contributed by atoms with Crippen molar-refractivity contribution < 1.29 is 32.9 Å². The van der Waals surface area contributed by atoms with Crippen LogP contribution in [-0.4, -0.2) is 68.5 Å². The second kappa shape index (κ2) is 58.1. The van der Waals surface area contributed by atoms with Gasteiger partial charge in [-0.1, -0.05) is 291 Å². The molecule has 2 N–H and O–H groups in total. The summed E-state index contributed by atoms with van der Waals surface area (Å²) in [7, 11) is 1.30. The van der Waals surface area contributed by atoms with Gasteiger partial charge in [-0.05, 0) is 77.0 Å². The maximum Gasteiger partial charge on any atom is 0.268 e. The molecular weight excluding hydrogens is 972 g/mol. The third-order valence-corrected chi connectivity index (χ3v) is 15.1. The number of allylic oxidation sites excluding steroid dienone is 16. The number of hydrogen-bond donors (Lipinski definition) is 2. The highest BCUT2D eigenvalue weighted by molar-refractivity contribution is 7.45. The zero-order valence-electron chi connectivity index (χ0n) is 50.9. The van der Waals surface area contributed by atoms with Gasteiger partial charge < -0.3 is 28.8 Å². The van der Waals surface area contributed by atoms with Crippen LogP contribution < -0.4 is 10.2 Å². The second-order valence-electron chi connectivity index (χ2n) is 22.7. The first-order valence-electron chi connectivity index (χ1n) is 32.1. The summed E-state index contributed by atoms with van der Waals surface area (Å²) in [6, 6.07) is -0.810. The predicted molar refractivity (Wildman–Crippen MR) is 334 cm³/mol. The number of carbonyl (C=O) groups excluding carboxylic acids is 1. The van der Waals surface area contributed by atoms with E-state index in [4.69, 9.17) is 9.05 Å². The van der Waals surface area contributed by atoms with Crippen LogP contribution in [0.25, 0.3) is 0 Å². The second-order valence-corrected chi connectivity index (χ2v) is 24.2. The van der Waals surface area contributed by atoms with Crippen LogP contribution in [0.1, 0.15) is 277 Å². The Bertz CT molecular complexity index is 1570. The molecule has 0 aromatic rings. The van der Waals surface area contributed by atoms with Crippen LogP contribution in [0.3, 0.4) is 0 Å². The van der Waals surface area contributed by atoms with Crippen molar-refractivity contribution in [3.63, 3.8) is 0 Å². The van der Waals surface area contributed by atoms with E-state index < -0.39 is 20.0 Å². The quantitative estimate of drug-likeness (QED) is 0.0272. The fraction of sp³-hybridized carbons (Fsp3) is 0.750. The van der Waals surface area contributed by atoms with Gasteiger partial charge in [-0.15, -0.1) is 0 Å². The molecule has 0 aliphatic heterocycles. The number of unbranched alkanes of at least 4 members (excludes halogenated alkanes) is 29. The number of nitrogens with zero attached hydrogens (tertiary/aromatic N) is 1. The van der Waals surface area contributed by atoms with Crippen molar-refractivity contribution in [3.8, 4) is 0 Å². The van der Waals surface area contributed by atoms with E-state index in [2.05, 4.69) is 116 Å². The third-order valence-electron chi connectivity index (χ3n) is 14.1. The van der Waals surface area contributed by atoms with Gasteiger partial charge in [0, 0.05) is 6.42 Å². The highest BCUT2D eigenvalue weighted by atomic mass is 31.2. The Kier molecular flexibility index (Phi) is 56.1. The van der Waals surface area contributed by atoms with E-state index in [0.29, 0.717) is 23.9 Å². The molecule has 77 heavy (non-hydrogen) atoms. The standard InChI is InChI=1S/C68H123N2O6P/c1-6-8-10-12-14-16-18-20-22-24-26-28-29-30-31-32-33-34-35-36-37-38-39-40-41-42-44-46-48-50-52-54-56-58-60-62-68(72)69-66(65-76-77(73,74)75-64-63-70(3,4)5)67(71)61-59-57-55-53-51-49-47-45-43-27-25-23-21-19-17-15-13-11-9-7-2/h8,10,14,16,20,22,26,28,30-31,33-34,36-37,39-40,66-67,71H,6-7,9,11-13,15,17-19,21,23-25,27,29,32,35,38,41-65H2,1-5H3,(H-,69,72,73,74)/b10-8-,16-14-,22-20-,28-26-,31-30-,34-33-,37-36-,40-39-. The smallest absolute Gasteiger partial charge is 0.268 e. The van der Waals surface area contributed by atoms with Crippen molar-refractivity contribution in [2.45, 2.75) is 289 Å². The lowest BCUT2D eigenvalue weighted by molar-refractivity contribution is -0.870. The topological polar surface area (TPSA) is 108 Å². The summed E-state index contributed by atoms with van der Waals surface area (Å²) in [5.74, 6) is -0.170. The molecule has 0 saturated carbocycles. The van der Waals surface area contributed by atoms with Gasteiger partial charge >= 0.3 is 0 Å². The Morgan fingerprint density at radius 2 is 0.792 bits per heavy atom. The molecule has 0 aliphatic carbocycles. The zero-order valence-corrected chi connectivity index (χ0v) is 51.8. The van der Waals surface area contributed by atoms with Gasteiger partial charge in [-0.3, -0.25) is 9.36 Å². The summed E-state index contributed by atoms with van der Waals surface area (Å²) in [6.07, 6.45) is 83.1. The normalized spacial score (nSPS) is 14.4. The SMILES string of the molecule is CC/C=C\C/C=C\C/C=C\C/C=C\C/C=C\C/C=C\C/C=C\C/C=C\CCCCCCCCCCCCC(=O)NC(COP(=O)([O-])OCC[N+](C)(C)C)C(O)CCCCCCCCCCCCCCCCCCCCCC. The van der Waals surface area contributed by atoms with Crippen molar-refractivity contribution in [2.75, 3.05) is 40.9 Å². The Balaban J connectivity index is 4.12. The Morgan fingerprint density at radius 3 is 1.16 bits per heavy atom. The zero-order chi connectivity index (χ0) is 56.3. The Labute approximate surface area is 477 Å². The molecule has 0 saturated heterocycles. The van der Waals surface area contributed by atoms with Crippen molar-refractivity contribution in [1.82, 2.24) is 5.32 Å². The summed E-state index contributed by atoms with van der Waals surface area (Å²) in [5.41, 5.74) is 0. The number of phosphoric ester groups is 1. The molecule has 3 unspecified atom stereocenters. The van der Waals surface area contributed by atoms with Gasteiger partial charge in [0.15, 0.2) is 0 Å². The van der Waals surface area contributed by atoms with Crippen molar-refractivity contribution in [1.29, 1.82) is 0 Å². The molecule has 0 aromatic carbocycles. The van der Waals surface area contributed by atoms with Crippen LogP contribution in [0.2, 0.25) is 0 Å². The van der Waals surface area contributed by atoms with Crippen molar-refractivity contribution in [2.24, 2.45) is 0 Å². The summed E-state index contributed by atoms with van der Waals surface area (Å²) in [6.45, 7) is 4.62. The molecule has 0 fully saturated rings. The van der Waals surface area contributed by atoms with Gasteiger partial charge in [0.05, 0.1) is 39.9 Å². The summed E-state index contributed by atoms with van der Waals surface area (Å²) >= 11 is 0. The number of hydrogen-bond acceptors (Lipinski definition) is 6.